The summed E-state index contributed by atoms with van der Waals surface area (Å²) in [6.07, 6.45) is -1.62. The van der Waals surface area contributed by atoms with E-state index in [4.69, 9.17) is 16.6 Å². The van der Waals surface area contributed by atoms with E-state index in [2.05, 4.69) is 16.0 Å². The number of carboxylic acid groups (broad SMARTS) is 1. The average molecular weight is 447 g/mol. The van der Waals surface area contributed by atoms with Gasteiger partial charge in [0, 0.05) is 6.42 Å². The smallest absolute Gasteiger partial charge is 0.326 e. The summed E-state index contributed by atoms with van der Waals surface area (Å²) in [6, 6.07) is -5.46. The predicted molar refractivity (Wildman–Crippen MR) is 108 cm³/mol. The Balaban J connectivity index is 5.15. The number of nitrogens with one attached hydrogen (secondary N) is 3. The molecule has 31 heavy (non-hydrogen) atoms. The largest absolute Gasteiger partial charge is 0.480 e. The van der Waals surface area contributed by atoms with Crippen LogP contribution in [0.15, 0.2) is 0 Å². The first-order valence-electron chi connectivity index (χ1n) is 9.76. The molecule has 0 saturated carbocycles. The van der Waals surface area contributed by atoms with E-state index in [1.54, 1.807) is 0 Å². The van der Waals surface area contributed by atoms with Crippen molar-refractivity contribution in [3.05, 3.63) is 0 Å². The van der Waals surface area contributed by atoms with Crippen LogP contribution in [0.25, 0.3) is 0 Å². The van der Waals surface area contributed by atoms with Gasteiger partial charge in [0.1, 0.15) is 18.1 Å². The zero-order chi connectivity index (χ0) is 24.3. The number of carboxylic acids is 1. The highest BCUT2D eigenvalue weighted by molar-refractivity contribution is 5.94. The fourth-order valence-electron chi connectivity index (χ4n) is 2.55. The van der Waals surface area contributed by atoms with Crippen molar-refractivity contribution >= 4 is 29.6 Å². The molecule has 0 aromatic heterocycles. The number of hydrogen-bond acceptors (Lipinski definition) is 8. The molecule has 5 unspecified atom stereocenters. The molecule has 0 saturated heterocycles. The minimum absolute atomic E-state index is 0.110. The van der Waals surface area contributed by atoms with Crippen molar-refractivity contribution in [1.29, 1.82) is 0 Å². The lowest BCUT2D eigenvalue weighted by molar-refractivity contribution is -0.143. The number of aliphatic hydroxyl groups excluding tert-OH is 2. The highest BCUT2D eigenvalue weighted by Gasteiger charge is 2.32. The Kier molecular flexibility index (Phi) is 12.3. The monoisotopic (exact) mass is 447 g/mol. The Morgan fingerprint density at radius 3 is 1.87 bits per heavy atom. The maximum absolute atomic E-state index is 12.5. The summed E-state index contributed by atoms with van der Waals surface area (Å²) in [4.78, 5) is 59.0. The van der Waals surface area contributed by atoms with Crippen LogP contribution in [0.2, 0.25) is 0 Å². The van der Waals surface area contributed by atoms with Crippen LogP contribution in [0.5, 0.6) is 0 Å². The first-order valence-corrected chi connectivity index (χ1v) is 9.76. The second-order valence-corrected chi connectivity index (χ2v) is 7.61. The number of aliphatic hydroxyl groups is 2. The first-order chi connectivity index (χ1) is 14.3. The molecule has 0 aromatic carbocycles. The number of carbonyl (C=O) groups excluding carboxylic acids is 4. The normalized spacial score (nSPS) is 15.8. The minimum atomic E-state index is -1.58. The summed E-state index contributed by atoms with van der Waals surface area (Å²) in [5.41, 5.74) is 10.7. The molecule has 0 aliphatic heterocycles. The molecule has 0 aliphatic carbocycles. The van der Waals surface area contributed by atoms with Crippen LogP contribution in [0, 0.1) is 5.92 Å². The molecule has 13 heteroatoms. The molecule has 10 N–H and O–H groups in total. The van der Waals surface area contributed by atoms with E-state index in [0.29, 0.717) is 6.42 Å². The molecule has 13 nitrogen and oxygen atoms in total. The van der Waals surface area contributed by atoms with Crippen LogP contribution < -0.4 is 27.4 Å². The molecule has 0 fully saturated rings. The van der Waals surface area contributed by atoms with E-state index in [0.717, 1.165) is 0 Å². The summed E-state index contributed by atoms with van der Waals surface area (Å²) in [7, 11) is 0. The van der Waals surface area contributed by atoms with Crippen molar-refractivity contribution in [2.24, 2.45) is 17.4 Å². The van der Waals surface area contributed by atoms with Gasteiger partial charge in [-0.2, -0.15) is 0 Å². The fraction of sp³-hybridized carbons (Fsp3) is 0.722. The lowest BCUT2D eigenvalue weighted by Gasteiger charge is -2.26. The van der Waals surface area contributed by atoms with Crippen molar-refractivity contribution in [2.75, 3.05) is 6.61 Å². The second kappa shape index (κ2) is 13.5. The van der Waals surface area contributed by atoms with Gasteiger partial charge in [0.25, 0.3) is 0 Å². The van der Waals surface area contributed by atoms with Crippen LogP contribution in [0.1, 0.15) is 40.0 Å². The molecular weight excluding hydrogens is 414 g/mol. The van der Waals surface area contributed by atoms with Crippen LogP contribution in [-0.4, -0.2) is 81.8 Å². The molecule has 5 atom stereocenters. The molecular formula is C18H33N5O8. The minimum Gasteiger partial charge on any atom is -0.480 e. The van der Waals surface area contributed by atoms with E-state index >= 15 is 0 Å². The summed E-state index contributed by atoms with van der Waals surface area (Å²) in [5, 5.41) is 35.0. The number of nitrogens with two attached hydrogens (primary N) is 2. The van der Waals surface area contributed by atoms with E-state index < -0.39 is 66.5 Å². The Morgan fingerprint density at radius 1 is 0.903 bits per heavy atom. The third-order valence-electron chi connectivity index (χ3n) is 4.23. The standard InChI is InChI=1S/C18H33N5O8/c1-8(2)6-10(19)15(27)23-14(9(3)25)17(29)22-12(7-24)16(28)21-11(18(30)31)4-5-13(20)26/h8-12,14,24-25H,4-7,19H2,1-3H3,(H2,20,26)(H,21,28)(H,22,29)(H,23,27)(H,30,31). The number of aliphatic carboxylic acids is 1. The van der Waals surface area contributed by atoms with Crippen LogP contribution >= 0.6 is 0 Å². The van der Waals surface area contributed by atoms with Crippen LogP contribution in [0.4, 0.5) is 0 Å². The molecule has 0 aromatic rings. The summed E-state index contributed by atoms with van der Waals surface area (Å²) in [6.45, 7) is 4.04. The third-order valence-corrected chi connectivity index (χ3v) is 4.23. The number of carbonyl (C=O) groups is 5. The van der Waals surface area contributed by atoms with Gasteiger partial charge in [0.2, 0.25) is 23.6 Å². The Morgan fingerprint density at radius 2 is 1.45 bits per heavy atom. The number of hydrogen-bond donors (Lipinski definition) is 8. The van der Waals surface area contributed by atoms with Gasteiger partial charge in [-0.25, -0.2) is 4.79 Å². The Bertz CT molecular complexity index is 655. The van der Waals surface area contributed by atoms with Crippen molar-refractivity contribution in [2.45, 2.75) is 70.3 Å². The molecule has 4 amide bonds. The summed E-state index contributed by atoms with van der Waals surface area (Å²) in [5.74, 6) is -4.81. The Labute approximate surface area is 179 Å². The maximum Gasteiger partial charge on any atom is 0.326 e. The lowest BCUT2D eigenvalue weighted by atomic mass is 10.0. The van der Waals surface area contributed by atoms with Crippen LogP contribution in [0.3, 0.4) is 0 Å². The Hall–Kier alpha value is -2.77. The zero-order valence-corrected chi connectivity index (χ0v) is 17.8. The number of primary amides is 1. The van der Waals surface area contributed by atoms with Gasteiger partial charge in [-0.15, -0.1) is 0 Å². The molecule has 0 spiro atoms. The van der Waals surface area contributed by atoms with Gasteiger partial charge in [0.15, 0.2) is 0 Å². The van der Waals surface area contributed by atoms with Crippen LogP contribution in [-0.2, 0) is 24.0 Å². The van der Waals surface area contributed by atoms with E-state index in [-0.39, 0.29) is 18.8 Å². The summed E-state index contributed by atoms with van der Waals surface area (Å²) >= 11 is 0. The molecule has 0 rings (SSSR count). The number of amides is 4. The van der Waals surface area contributed by atoms with Gasteiger partial charge in [-0.1, -0.05) is 13.8 Å². The van der Waals surface area contributed by atoms with Gasteiger partial charge in [0.05, 0.1) is 18.8 Å². The third kappa shape index (κ3) is 10.7. The molecule has 0 aliphatic rings. The van der Waals surface area contributed by atoms with Crippen molar-refractivity contribution in [3.8, 4) is 0 Å². The van der Waals surface area contributed by atoms with Crippen molar-refractivity contribution < 1.29 is 39.3 Å². The SMILES string of the molecule is CC(C)CC(N)C(=O)NC(C(=O)NC(CO)C(=O)NC(CCC(N)=O)C(=O)O)C(C)O. The van der Waals surface area contributed by atoms with E-state index in [1.807, 2.05) is 13.8 Å². The quantitative estimate of drug-likeness (QED) is 0.132. The molecule has 0 radical (unpaired) electrons. The van der Waals surface area contributed by atoms with Gasteiger partial charge >= 0.3 is 5.97 Å². The predicted octanol–water partition coefficient (Wildman–Crippen LogP) is -3.46. The highest BCUT2D eigenvalue weighted by atomic mass is 16.4. The summed E-state index contributed by atoms with van der Waals surface area (Å²) < 4.78 is 0. The fourth-order valence-corrected chi connectivity index (χ4v) is 2.55. The van der Waals surface area contributed by atoms with Crippen molar-refractivity contribution in [3.63, 3.8) is 0 Å². The van der Waals surface area contributed by atoms with E-state index in [1.165, 1.54) is 6.92 Å². The van der Waals surface area contributed by atoms with Gasteiger partial charge < -0.3 is 42.7 Å². The topological polar surface area (TPSA) is 234 Å². The lowest BCUT2D eigenvalue weighted by Crippen LogP contribution is -2.60. The first kappa shape index (κ1) is 28.2. The molecule has 0 bridgehead atoms. The second-order valence-electron chi connectivity index (χ2n) is 7.61. The maximum atomic E-state index is 12.5. The molecule has 0 heterocycles. The van der Waals surface area contributed by atoms with Crippen molar-refractivity contribution in [1.82, 2.24) is 16.0 Å². The highest BCUT2D eigenvalue weighted by Crippen LogP contribution is 2.04. The van der Waals surface area contributed by atoms with Gasteiger partial charge in [-0.3, -0.25) is 19.2 Å². The van der Waals surface area contributed by atoms with E-state index in [9.17, 15) is 34.2 Å². The number of rotatable bonds is 14. The zero-order valence-electron chi connectivity index (χ0n) is 17.8. The average Bonchev–Trinajstić information content (AvgIpc) is 2.65. The van der Waals surface area contributed by atoms with Gasteiger partial charge in [-0.05, 0) is 25.7 Å². The molecule has 178 valence electrons.